The largest absolute Gasteiger partial charge is 0.381 e. The summed E-state index contributed by atoms with van der Waals surface area (Å²) in [4.78, 5) is 17.8. The summed E-state index contributed by atoms with van der Waals surface area (Å²) in [6.07, 6.45) is 4.18. The smallest absolute Gasteiger partial charge is 0.271 e. The van der Waals surface area contributed by atoms with Crippen LogP contribution in [0.3, 0.4) is 0 Å². The van der Waals surface area contributed by atoms with E-state index in [9.17, 15) is 4.79 Å². The maximum atomic E-state index is 11.8. The maximum Gasteiger partial charge on any atom is 0.271 e. The summed E-state index contributed by atoms with van der Waals surface area (Å²) < 4.78 is 5.34. The molecule has 16 heavy (non-hydrogen) atoms. The lowest BCUT2D eigenvalue weighted by Crippen LogP contribution is -2.51. The summed E-state index contributed by atoms with van der Waals surface area (Å²) >= 11 is 0. The van der Waals surface area contributed by atoms with Crippen LogP contribution in [-0.4, -0.2) is 42.1 Å². The first-order chi connectivity index (χ1) is 7.77. The zero-order valence-corrected chi connectivity index (χ0v) is 9.26. The molecule has 1 amide bonds. The minimum absolute atomic E-state index is 0.0357. The van der Waals surface area contributed by atoms with Gasteiger partial charge in [-0.15, -0.1) is 0 Å². The first kappa shape index (κ1) is 10.1. The third-order valence-electron chi connectivity index (χ3n) is 3.69. The van der Waals surface area contributed by atoms with Crippen LogP contribution in [0.25, 0.3) is 0 Å². The zero-order chi connectivity index (χ0) is 11.1. The zero-order valence-electron chi connectivity index (χ0n) is 9.26. The fraction of sp³-hybridized carbons (Fsp3) is 0.818. The minimum atomic E-state index is -0.0666. The van der Waals surface area contributed by atoms with E-state index in [1.807, 2.05) is 0 Å². The molecule has 2 heterocycles. The molecule has 1 atom stereocenters. The van der Waals surface area contributed by atoms with Crippen LogP contribution in [0.15, 0.2) is 4.99 Å². The molecule has 5 nitrogen and oxygen atoms in total. The normalized spacial score (nSPS) is 32.0. The Morgan fingerprint density at radius 2 is 1.94 bits per heavy atom. The van der Waals surface area contributed by atoms with E-state index in [-0.39, 0.29) is 11.9 Å². The number of carbonyl (C=O) groups is 1. The highest BCUT2D eigenvalue weighted by Gasteiger charge is 2.47. The second kappa shape index (κ2) is 3.73. The number of nitrogens with zero attached hydrogens (tertiary/aromatic N) is 2. The fourth-order valence-electron chi connectivity index (χ4n) is 2.72. The van der Waals surface area contributed by atoms with E-state index in [2.05, 4.69) is 9.89 Å². The van der Waals surface area contributed by atoms with Crippen molar-refractivity contribution < 1.29 is 9.53 Å². The van der Waals surface area contributed by atoms with E-state index in [1.165, 1.54) is 0 Å². The molecule has 2 N–H and O–H groups in total. The van der Waals surface area contributed by atoms with E-state index in [0.29, 0.717) is 17.9 Å². The molecule has 88 valence electrons. The van der Waals surface area contributed by atoms with Gasteiger partial charge in [-0.25, -0.2) is 0 Å². The highest BCUT2D eigenvalue weighted by Crippen LogP contribution is 2.39. The Balaban J connectivity index is 1.79. The number of nitrogens with two attached hydrogens (primary N) is 1. The number of carbonyl (C=O) groups excluding carboxylic acids is 1. The Bertz CT molecular complexity index is 332. The van der Waals surface area contributed by atoms with Crippen LogP contribution in [-0.2, 0) is 9.53 Å². The summed E-state index contributed by atoms with van der Waals surface area (Å²) in [7, 11) is 0. The third-order valence-corrected chi connectivity index (χ3v) is 3.69. The van der Waals surface area contributed by atoms with Crippen molar-refractivity contribution in [1.29, 1.82) is 0 Å². The first-order valence-corrected chi connectivity index (χ1v) is 6.01. The molecule has 1 aliphatic carbocycles. The predicted molar refractivity (Wildman–Crippen MR) is 58.8 cm³/mol. The van der Waals surface area contributed by atoms with Crippen molar-refractivity contribution in [1.82, 2.24) is 4.90 Å². The number of aliphatic imine (C=N–C) groups is 1. The molecule has 2 fully saturated rings. The van der Waals surface area contributed by atoms with Crippen LogP contribution in [0.4, 0.5) is 0 Å². The van der Waals surface area contributed by atoms with E-state index in [4.69, 9.17) is 10.5 Å². The topological polar surface area (TPSA) is 67.9 Å². The van der Waals surface area contributed by atoms with Gasteiger partial charge < -0.3 is 15.4 Å². The molecule has 0 radical (unpaired) electrons. The van der Waals surface area contributed by atoms with Gasteiger partial charge in [-0.3, -0.25) is 4.79 Å². The lowest BCUT2D eigenvalue weighted by atomic mass is 10.0. The molecular formula is C11H17N3O2. The Hall–Kier alpha value is -1.10. The van der Waals surface area contributed by atoms with Crippen molar-refractivity contribution in [3.63, 3.8) is 0 Å². The summed E-state index contributed by atoms with van der Waals surface area (Å²) in [5, 5.41) is 0. The summed E-state index contributed by atoms with van der Waals surface area (Å²) in [5.41, 5.74) is 5.87. The van der Waals surface area contributed by atoms with E-state index in [1.54, 1.807) is 0 Å². The number of hydrogen-bond acceptors (Lipinski definition) is 4. The lowest BCUT2D eigenvalue weighted by Gasteiger charge is -2.35. The van der Waals surface area contributed by atoms with Gasteiger partial charge in [0.15, 0.2) is 5.96 Å². The second-order valence-corrected chi connectivity index (χ2v) is 4.84. The summed E-state index contributed by atoms with van der Waals surface area (Å²) in [5.74, 6) is 0.875. The van der Waals surface area contributed by atoms with Crippen molar-refractivity contribution in [2.75, 3.05) is 13.2 Å². The van der Waals surface area contributed by atoms with Crippen LogP contribution in [0.5, 0.6) is 0 Å². The van der Waals surface area contributed by atoms with E-state index < -0.39 is 0 Å². The average Bonchev–Trinajstić information content (AvgIpc) is 3.06. The number of ether oxygens (including phenoxy) is 1. The van der Waals surface area contributed by atoms with Crippen molar-refractivity contribution >= 4 is 11.9 Å². The van der Waals surface area contributed by atoms with Crippen molar-refractivity contribution in [3.05, 3.63) is 0 Å². The van der Waals surface area contributed by atoms with Crippen LogP contribution < -0.4 is 5.73 Å². The molecule has 2 aliphatic heterocycles. The average molecular weight is 223 g/mol. The number of rotatable bonds is 2. The Labute approximate surface area is 94.6 Å². The molecule has 1 unspecified atom stereocenters. The molecule has 0 bridgehead atoms. The van der Waals surface area contributed by atoms with Gasteiger partial charge in [-0.05, 0) is 31.6 Å². The fourth-order valence-corrected chi connectivity index (χ4v) is 2.72. The van der Waals surface area contributed by atoms with Gasteiger partial charge in [-0.2, -0.15) is 4.99 Å². The molecule has 1 saturated heterocycles. The second-order valence-electron chi connectivity index (χ2n) is 4.84. The maximum absolute atomic E-state index is 11.8. The van der Waals surface area contributed by atoms with Gasteiger partial charge in [0.05, 0.1) is 0 Å². The Morgan fingerprint density at radius 3 is 2.56 bits per heavy atom. The molecule has 3 aliphatic rings. The van der Waals surface area contributed by atoms with Gasteiger partial charge in [0.2, 0.25) is 0 Å². The predicted octanol–water partition coefficient (Wildman–Crippen LogP) is 0.101. The molecule has 5 heteroatoms. The monoisotopic (exact) mass is 223 g/mol. The van der Waals surface area contributed by atoms with Gasteiger partial charge in [0.1, 0.15) is 6.04 Å². The van der Waals surface area contributed by atoms with E-state index >= 15 is 0 Å². The number of hydrogen-bond donors (Lipinski definition) is 1. The van der Waals surface area contributed by atoms with Crippen LogP contribution in [0.1, 0.15) is 25.7 Å². The quantitative estimate of drug-likeness (QED) is 0.721. The molecule has 1 saturated carbocycles. The number of amides is 1. The van der Waals surface area contributed by atoms with Crippen LogP contribution in [0.2, 0.25) is 0 Å². The Morgan fingerprint density at radius 1 is 1.25 bits per heavy atom. The van der Waals surface area contributed by atoms with Crippen LogP contribution in [0, 0.1) is 5.92 Å². The molecule has 0 spiro atoms. The SMILES string of the molecule is NC1=NC(=O)C(C2CC2)N1C1CCOCC1. The molecule has 3 rings (SSSR count). The highest BCUT2D eigenvalue weighted by atomic mass is 16.5. The van der Waals surface area contributed by atoms with Gasteiger partial charge in [0.25, 0.3) is 5.91 Å². The van der Waals surface area contributed by atoms with Crippen LogP contribution >= 0.6 is 0 Å². The first-order valence-electron chi connectivity index (χ1n) is 6.01. The summed E-state index contributed by atoms with van der Waals surface area (Å²) in [6, 6.07) is 0.276. The lowest BCUT2D eigenvalue weighted by molar-refractivity contribution is -0.121. The summed E-state index contributed by atoms with van der Waals surface area (Å²) in [6.45, 7) is 1.53. The van der Waals surface area contributed by atoms with Crippen molar-refractivity contribution in [2.45, 2.75) is 37.8 Å². The standard InChI is InChI=1S/C11H17N3O2/c12-11-13-10(15)9(7-1-2-7)14(11)8-3-5-16-6-4-8/h7-9H,1-6H2,(H2,12,13,15). The Kier molecular flexibility index (Phi) is 2.35. The van der Waals surface area contributed by atoms with Gasteiger partial charge >= 0.3 is 0 Å². The third kappa shape index (κ3) is 1.59. The van der Waals surface area contributed by atoms with Crippen molar-refractivity contribution in [2.24, 2.45) is 16.6 Å². The van der Waals surface area contributed by atoms with Gasteiger partial charge in [0, 0.05) is 19.3 Å². The van der Waals surface area contributed by atoms with Crippen molar-refractivity contribution in [3.8, 4) is 0 Å². The number of guanidine groups is 1. The molecule has 0 aromatic heterocycles. The van der Waals surface area contributed by atoms with E-state index in [0.717, 1.165) is 38.9 Å². The molecule has 0 aromatic rings. The minimum Gasteiger partial charge on any atom is -0.381 e. The molecule has 0 aromatic carbocycles. The van der Waals surface area contributed by atoms with Gasteiger partial charge in [-0.1, -0.05) is 0 Å². The highest BCUT2D eigenvalue weighted by molar-refractivity contribution is 6.02. The molecular weight excluding hydrogens is 206 g/mol.